The Kier molecular flexibility index (Phi) is 4.33. The monoisotopic (exact) mass is 263 g/mol. The number of rotatable bonds is 5. The normalized spacial score (nSPS) is 12.6. The van der Waals surface area contributed by atoms with Crippen LogP contribution in [0.15, 0.2) is 34.7 Å². The molecule has 0 saturated carbocycles. The number of nitrogens with one attached hydrogen (secondary N) is 1. The Labute approximate surface area is 111 Å². The summed E-state index contributed by atoms with van der Waals surface area (Å²) in [5.41, 5.74) is 1.07. The van der Waals surface area contributed by atoms with Gasteiger partial charge >= 0.3 is 0 Å². The second kappa shape index (κ2) is 5.97. The Morgan fingerprint density at radius 3 is 2.72 bits per heavy atom. The molecule has 0 aliphatic heterocycles. The fourth-order valence-corrected chi connectivity index (χ4v) is 2.43. The standard InChI is InChI=1S/C12H17N5S/c1-4-10(13-2)11-6-5-9(7-14-11)18-12-15-8-16-17(12)3/h5-8,10,13H,4H2,1-3H3. The number of nitrogens with zero attached hydrogens (tertiary/aromatic N) is 4. The number of hydrogen-bond acceptors (Lipinski definition) is 5. The molecule has 1 N–H and O–H groups in total. The largest absolute Gasteiger partial charge is 0.312 e. The highest BCUT2D eigenvalue weighted by Crippen LogP contribution is 2.25. The minimum atomic E-state index is 0.318. The van der Waals surface area contributed by atoms with Gasteiger partial charge in [0.25, 0.3) is 0 Å². The molecule has 0 aliphatic carbocycles. The molecule has 0 fully saturated rings. The Hall–Kier alpha value is -1.40. The summed E-state index contributed by atoms with van der Waals surface area (Å²) in [4.78, 5) is 9.74. The minimum Gasteiger partial charge on any atom is -0.312 e. The van der Waals surface area contributed by atoms with Gasteiger partial charge in [-0.1, -0.05) is 6.92 Å². The van der Waals surface area contributed by atoms with E-state index in [1.807, 2.05) is 20.3 Å². The van der Waals surface area contributed by atoms with E-state index in [1.54, 1.807) is 22.8 Å². The van der Waals surface area contributed by atoms with Crippen LogP contribution in [0, 0.1) is 0 Å². The van der Waals surface area contributed by atoms with E-state index in [0.717, 1.165) is 22.2 Å². The van der Waals surface area contributed by atoms with Crippen molar-refractivity contribution in [1.82, 2.24) is 25.1 Å². The Morgan fingerprint density at radius 2 is 2.22 bits per heavy atom. The van der Waals surface area contributed by atoms with Crippen LogP contribution < -0.4 is 5.32 Å². The quantitative estimate of drug-likeness (QED) is 0.894. The maximum Gasteiger partial charge on any atom is 0.190 e. The second-order valence-electron chi connectivity index (χ2n) is 3.94. The van der Waals surface area contributed by atoms with Crippen molar-refractivity contribution in [2.24, 2.45) is 7.05 Å². The summed E-state index contributed by atoms with van der Waals surface area (Å²) in [6, 6.07) is 4.45. The average Bonchev–Trinajstić information content (AvgIpc) is 2.79. The van der Waals surface area contributed by atoms with Crippen molar-refractivity contribution in [3.63, 3.8) is 0 Å². The van der Waals surface area contributed by atoms with Gasteiger partial charge in [0.2, 0.25) is 0 Å². The van der Waals surface area contributed by atoms with E-state index >= 15 is 0 Å². The molecule has 5 nitrogen and oxygen atoms in total. The first-order chi connectivity index (χ1) is 8.74. The van der Waals surface area contributed by atoms with E-state index in [9.17, 15) is 0 Å². The van der Waals surface area contributed by atoms with Crippen molar-refractivity contribution in [2.45, 2.75) is 29.4 Å². The number of hydrogen-bond donors (Lipinski definition) is 1. The molecule has 2 heterocycles. The first-order valence-electron chi connectivity index (χ1n) is 5.89. The van der Waals surface area contributed by atoms with E-state index in [4.69, 9.17) is 0 Å². The Bertz CT molecular complexity index is 489. The lowest BCUT2D eigenvalue weighted by Gasteiger charge is -2.13. The van der Waals surface area contributed by atoms with Gasteiger partial charge in [0, 0.05) is 24.2 Å². The fourth-order valence-electron chi connectivity index (χ4n) is 1.70. The molecule has 0 amide bonds. The molecular weight excluding hydrogens is 246 g/mol. The third kappa shape index (κ3) is 2.88. The maximum atomic E-state index is 4.49. The predicted octanol–water partition coefficient (Wildman–Crippen LogP) is 2.03. The lowest BCUT2D eigenvalue weighted by Crippen LogP contribution is -2.16. The molecule has 0 saturated heterocycles. The van der Waals surface area contributed by atoms with Crippen LogP contribution in [0.2, 0.25) is 0 Å². The van der Waals surface area contributed by atoms with Gasteiger partial charge in [-0.2, -0.15) is 5.10 Å². The van der Waals surface area contributed by atoms with Crippen LogP contribution in [0.4, 0.5) is 0 Å². The summed E-state index contributed by atoms with van der Waals surface area (Å²) in [7, 11) is 3.84. The summed E-state index contributed by atoms with van der Waals surface area (Å²) in [6.07, 6.45) is 4.46. The Balaban J connectivity index is 2.10. The fraction of sp³-hybridized carbons (Fsp3) is 0.417. The first kappa shape index (κ1) is 13.0. The highest BCUT2D eigenvalue weighted by molar-refractivity contribution is 7.99. The van der Waals surface area contributed by atoms with Crippen LogP contribution in [0.25, 0.3) is 0 Å². The van der Waals surface area contributed by atoms with E-state index in [1.165, 1.54) is 0 Å². The molecule has 2 rings (SSSR count). The molecule has 18 heavy (non-hydrogen) atoms. The van der Waals surface area contributed by atoms with Gasteiger partial charge in [-0.05, 0) is 37.4 Å². The predicted molar refractivity (Wildman–Crippen MR) is 71.5 cm³/mol. The SMILES string of the molecule is CCC(NC)c1ccc(Sc2ncnn2C)cn1. The van der Waals surface area contributed by atoms with Gasteiger partial charge in [-0.25, -0.2) is 9.67 Å². The average molecular weight is 263 g/mol. The molecule has 6 heteroatoms. The van der Waals surface area contributed by atoms with Crippen molar-refractivity contribution in [1.29, 1.82) is 0 Å². The molecular formula is C12H17N5S. The van der Waals surface area contributed by atoms with E-state index in [0.29, 0.717) is 6.04 Å². The molecule has 1 unspecified atom stereocenters. The first-order valence-corrected chi connectivity index (χ1v) is 6.71. The second-order valence-corrected chi connectivity index (χ2v) is 4.98. The van der Waals surface area contributed by atoms with Crippen LogP contribution in [0.3, 0.4) is 0 Å². The third-order valence-electron chi connectivity index (χ3n) is 2.75. The van der Waals surface area contributed by atoms with E-state index in [-0.39, 0.29) is 0 Å². The summed E-state index contributed by atoms with van der Waals surface area (Å²) < 4.78 is 1.75. The topological polar surface area (TPSA) is 55.6 Å². The zero-order valence-corrected chi connectivity index (χ0v) is 11.6. The molecule has 0 spiro atoms. The molecule has 0 aliphatic rings. The Morgan fingerprint density at radius 1 is 1.39 bits per heavy atom. The van der Waals surface area contributed by atoms with Crippen molar-refractivity contribution >= 4 is 11.8 Å². The molecule has 0 bridgehead atoms. The highest BCUT2D eigenvalue weighted by atomic mass is 32.2. The highest BCUT2D eigenvalue weighted by Gasteiger charge is 2.09. The summed E-state index contributed by atoms with van der Waals surface area (Å²) in [5, 5.41) is 8.15. The molecule has 2 aromatic rings. The van der Waals surface area contributed by atoms with Gasteiger partial charge in [-0.3, -0.25) is 4.98 Å². The molecule has 0 aromatic carbocycles. The van der Waals surface area contributed by atoms with Crippen LogP contribution in [-0.4, -0.2) is 26.8 Å². The molecule has 96 valence electrons. The van der Waals surface area contributed by atoms with Gasteiger partial charge < -0.3 is 5.32 Å². The van der Waals surface area contributed by atoms with Crippen LogP contribution in [0.1, 0.15) is 25.1 Å². The molecule has 1 atom stereocenters. The number of aromatic nitrogens is 4. The lowest BCUT2D eigenvalue weighted by molar-refractivity contribution is 0.561. The van der Waals surface area contributed by atoms with Crippen molar-refractivity contribution in [3.05, 3.63) is 30.4 Å². The summed E-state index contributed by atoms with van der Waals surface area (Å²) >= 11 is 1.56. The minimum absolute atomic E-state index is 0.318. The van der Waals surface area contributed by atoms with E-state index in [2.05, 4.69) is 39.4 Å². The maximum absolute atomic E-state index is 4.49. The van der Waals surface area contributed by atoms with Gasteiger partial charge in [0.1, 0.15) is 6.33 Å². The number of pyridine rings is 1. The van der Waals surface area contributed by atoms with Crippen molar-refractivity contribution in [2.75, 3.05) is 7.05 Å². The van der Waals surface area contributed by atoms with Crippen LogP contribution >= 0.6 is 11.8 Å². The van der Waals surface area contributed by atoms with Crippen LogP contribution in [-0.2, 0) is 7.05 Å². The zero-order chi connectivity index (χ0) is 13.0. The van der Waals surface area contributed by atoms with Gasteiger partial charge in [0.15, 0.2) is 5.16 Å². The zero-order valence-electron chi connectivity index (χ0n) is 10.8. The smallest absolute Gasteiger partial charge is 0.190 e. The summed E-state index contributed by atoms with van der Waals surface area (Å²) in [6.45, 7) is 2.14. The summed E-state index contributed by atoms with van der Waals surface area (Å²) in [5.74, 6) is 0. The molecule has 2 aromatic heterocycles. The van der Waals surface area contributed by atoms with E-state index < -0.39 is 0 Å². The lowest BCUT2D eigenvalue weighted by atomic mass is 10.1. The third-order valence-corrected chi connectivity index (χ3v) is 3.78. The van der Waals surface area contributed by atoms with Gasteiger partial charge in [0.05, 0.1) is 5.69 Å². The van der Waals surface area contributed by atoms with Crippen molar-refractivity contribution < 1.29 is 0 Å². The molecule has 0 radical (unpaired) electrons. The van der Waals surface area contributed by atoms with Crippen molar-refractivity contribution in [3.8, 4) is 0 Å². The van der Waals surface area contributed by atoms with Crippen LogP contribution in [0.5, 0.6) is 0 Å². The van der Waals surface area contributed by atoms with Gasteiger partial charge in [-0.15, -0.1) is 0 Å². The number of aryl methyl sites for hydroxylation is 1.